The number of ether oxygens (including phenoxy) is 1. The summed E-state index contributed by atoms with van der Waals surface area (Å²) in [5.74, 6) is 6.47. The van der Waals surface area contributed by atoms with Crippen molar-refractivity contribution < 1.29 is 14.6 Å². The molecule has 5 heteroatoms. The van der Waals surface area contributed by atoms with Crippen molar-refractivity contribution >= 4 is 5.97 Å². The highest BCUT2D eigenvalue weighted by molar-refractivity contribution is 5.78. The monoisotopic (exact) mass is 416 g/mol. The maximum Gasteiger partial charge on any atom is 0.310 e. The van der Waals surface area contributed by atoms with Gasteiger partial charge in [-0.15, -0.1) is 0 Å². The van der Waals surface area contributed by atoms with Crippen molar-refractivity contribution in [3.05, 3.63) is 58.8 Å². The minimum atomic E-state index is -0.622. The molecule has 1 aromatic carbocycles. The van der Waals surface area contributed by atoms with Gasteiger partial charge in [0.25, 0.3) is 0 Å². The van der Waals surface area contributed by atoms with Gasteiger partial charge in [-0.2, -0.15) is 0 Å². The van der Waals surface area contributed by atoms with Crippen molar-refractivity contribution in [2.45, 2.75) is 45.6 Å². The van der Waals surface area contributed by atoms with Crippen LogP contribution >= 0.6 is 0 Å². The van der Waals surface area contributed by atoms with Crippen LogP contribution in [0.2, 0.25) is 0 Å². The number of benzene rings is 1. The molecule has 1 aromatic heterocycles. The van der Waals surface area contributed by atoms with Crippen molar-refractivity contribution in [2.24, 2.45) is 10.8 Å². The van der Waals surface area contributed by atoms with Gasteiger partial charge in [-0.3, -0.25) is 4.79 Å². The molecular weight excluding hydrogens is 388 g/mol. The summed E-state index contributed by atoms with van der Waals surface area (Å²) in [4.78, 5) is 18.1. The van der Waals surface area contributed by atoms with Crippen LogP contribution in [0.25, 0.3) is 0 Å². The van der Waals surface area contributed by atoms with Gasteiger partial charge >= 0.3 is 5.97 Å². The molecule has 2 fully saturated rings. The molecule has 1 saturated heterocycles. The van der Waals surface area contributed by atoms with Crippen LogP contribution in [-0.2, 0) is 17.6 Å². The Kier molecular flexibility index (Phi) is 4.79. The molecule has 0 bridgehead atoms. The van der Waals surface area contributed by atoms with E-state index >= 15 is 0 Å². The summed E-state index contributed by atoms with van der Waals surface area (Å²) in [5.41, 5.74) is 4.54. The molecule has 0 atom stereocenters. The second-order valence-corrected chi connectivity index (χ2v) is 9.87. The third-order valence-corrected chi connectivity index (χ3v) is 6.73. The number of aromatic nitrogens is 1. The summed E-state index contributed by atoms with van der Waals surface area (Å²) in [6.45, 7) is 6.69. The number of hydrogen-bond donors (Lipinski definition) is 1. The third-order valence-electron chi connectivity index (χ3n) is 6.73. The van der Waals surface area contributed by atoms with Crippen molar-refractivity contribution in [1.82, 2.24) is 9.88 Å². The average Bonchev–Trinajstić information content (AvgIpc) is 3.39. The SMILES string of the molecule is CC(C)Oc1ccc(C#Cc2ccc3c(c2)CC2(C3)CN(CC3(C(=O)O)CC3)C2)cn1. The molecule has 2 aromatic rings. The summed E-state index contributed by atoms with van der Waals surface area (Å²) in [6.07, 6.45) is 5.67. The Morgan fingerprint density at radius 2 is 1.84 bits per heavy atom. The van der Waals surface area contributed by atoms with Crippen LogP contribution in [0.3, 0.4) is 0 Å². The van der Waals surface area contributed by atoms with E-state index in [1.807, 2.05) is 26.0 Å². The number of carbonyl (C=O) groups is 1. The first-order valence-electron chi connectivity index (χ1n) is 11.1. The van der Waals surface area contributed by atoms with Gasteiger partial charge in [0.05, 0.1) is 11.5 Å². The number of fused-ring (bicyclic) bond motifs is 1. The van der Waals surface area contributed by atoms with E-state index in [2.05, 4.69) is 39.9 Å². The number of likely N-dealkylation sites (tertiary alicyclic amines) is 1. The van der Waals surface area contributed by atoms with Crippen molar-refractivity contribution in [3.63, 3.8) is 0 Å². The van der Waals surface area contributed by atoms with Crippen LogP contribution in [0.15, 0.2) is 36.5 Å². The van der Waals surface area contributed by atoms with Crippen molar-refractivity contribution in [1.29, 1.82) is 0 Å². The molecule has 0 radical (unpaired) electrons. The van der Waals surface area contributed by atoms with Gasteiger partial charge in [-0.25, -0.2) is 4.98 Å². The summed E-state index contributed by atoms with van der Waals surface area (Å²) in [6, 6.07) is 10.3. The molecule has 160 valence electrons. The molecule has 1 N–H and O–H groups in total. The molecular formula is C26H28N2O3. The van der Waals surface area contributed by atoms with Crippen molar-refractivity contribution in [2.75, 3.05) is 19.6 Å². The van der Waals surface area contributed by atoms with E-state index in [0.29, 0.717) is 17.8 Å². The van der Waals surface area contributed by atoms with E-state index in [1.54, 1.807) is 6.20 Å². The molecule has 2 heterocycles. The highest BCUT2D eigenvalue weighted by Crippen LogP contribution is 2.50. The smallest absolute Gasteiger partial charge is 0.310 e. The summed E-state index contributed by atoms with van der Waals surface area (Å²) < 4.78 is 5.58. The lowest BCUT2D eigenvalue weighted by atomic mass is 9.76. The summed E-state index contributed by atoms with van der Waals surface area (Å²) >= 11 is 0. The van der Waals surface area contributed by atoms with E-state index in [0.717, 1.165) is 49.9 Å². The standard InChI is InChI=1S/C26H28N2O3/c1-18(2)31-23-8-6-20(14-27-23)4-3-19-5-7-21-12-25(13-22(21)11-19)15-28(16-25)17-26(9-10-26)24(29)30/h5-8,11,14,18H,9-10,12-13,15-17H2,1-2H3,(H,29,30). The molecule has 1 aliphatic heterocycles. The maximum atomic E-state index is 11.5. The lowest BCUT2D eigenvalue weighted by Crippen LogP contribution is -2.58. The second-order valence-electron chi connectivity index (χ2n) is 9.87. The Bertz CT molecular complexity index is 1070. The fourth-order valence-electron chi connectivity index (χ4n) is 5.08. The van der Waals surface area contributed by atoms with E-state index in [-0.39, 0.29) is 6.10 Å². The lowest BCUT2D eigenvalue weighted by Gasteiger charge is -2.49. The summed E-state index contributed by atoms with van der Waals surface area (Å²) in [5, 5.41) is 9.43. The first kappa shape index (κ1) is 20.1. The minimum Gasteiger partial charge on any atom is -0.481 e. The number of pyridine rings is 1. The lowest BCUT2D eigenvalue weighted by molar-refractivity contribution is -0.145. The Labute approximate surface area is 183 Å². The van der Waals surface area contributed by atoms with Crippen LogP contribution in [-0.4, -0.2) is 46.7 Å². The number of carboxylic acids is 1. The van der Waals surface area contributed by atoms with Crippen LogP contribution in [0.4, 0.5) is 0 Å². The predicted octanol–water partition coefficient (Wildman–Crippen LogP) is 3.53. The Balaban J connectivity index is 1.21. The number of nitrogens with zero attached hydrogens (tertiary/aromatic N) is 2. The van der Waals surface area contributed by atoms with Crippen LogP contribution in [0.5, 0.6) is 5.88 Å². The first-order chi connectivity index (χ1) is 14.8. The quantitative estimate of drug-likeness (QED) is 0.756. The average molecular weight is 417 g/mol. The van der Waals surface area contributed by atoms with Gasteiger partial charge < -0.3 is 14.7 Å². The zero-order chi connectivity index (χ0) is 21.6. The molecule has 0 amide bonds. The second kappa shape index (κ2) is 7.39. The normalized spacial score (nSPS) is 20.0. The summed E-state index contributed by atoms with van der Waals surface area (Å²) in [7, 11) is 0. The topological polar surface area (TPSA) is 62.7 Å². The van der Waals surface area contributed by atoms with E-state index < -0.39 is 11.4 Å². The predicted molar refractivity (Wildman–Crippen MR) is 118 cm³/mol. The molecule has 5 nitrogen and oxygen atoms in total. The zero-order valence-corrected chi connectivity index (χ0v) is 18.1. The van der Waals surface area contributed by atoms with Gasteiger partial charge in [-0.1, -0.05) is 17.9 Å². The van der Waals surface area contributed by atoms with Gasteiger partial charge in [0.1, 0.15) is 0 Å². The molecule has 5 rings (SSSR count). The molecule has 3 aliphatic rings. The Morgan fingerprint density at radius 3 is 2.48 bits per heavy atom. The number of hydrogen-bond acceptors (Lipinski definition) is 4. The van der Waals surface area contributed by atoms with E-state index in [4.69, 9.17) is 4.74 Å². The van der Waals surface area contributed by atoms with Gasteiger partial charge in [0, 0.05) is 48.4 Å². The van der Waals surface area contributed by atoms with Crippen LogP contribution in [0.1, 0.15) is 48.9 Å². The highest BCUT2D eigenvalue weighted by Gasteiger charge is 2.55. The van der Waals surface area contributed by atoms with E-state index in [1.165, 1.54) is 11.1 Å². The molecule has 31 heavy (non-hydrogen) atoms. The minimum absolute atomic E-state index is 0.105. The third kappa shape index (κ3) is 4.05. The largest absolute Gasteiger partial charge is 0.481 e. The fraction of sp³-hybridized carbons (Fsp3) is 0.462. The number of carboxylic acid groups (broad SMARTS) is 1. The number of aliphatic carboxylic acids is 1. The maximum absolute atomic E-state index is 11.5. The van der Waals surface area contributed by atoms with Gasteiger partial charge in [0.15, 0.2) is 0 Å². The molecule has 2 aliphatic carbocycles. The van der Waals surface area contributed by atoms with Crippen LogP contribution in [0, 0.1) is 22.7 Å². The number of rotatable bonds is 5. The van der Waals surface area contributed by atoms with Gasteiger partial charge in [-0.05, 0) is 68.9 Å². The highest BCUT2D eigenvalue weighted by atomic mass is 16.5. The fourth-order valence-corrected chi connectivity index (χ4v) is 5.08. The Morgan fingerprint density at radius 1 is 1.13 bits per heavy atom. The first-order valence-corrected chi connectivity index (χ1v) is 11.1. The van der Waals surface area contributed by atoms with Crippen LogP contribution < -0.4 is 4.74 Å². The molecule has 0 unspecified atom stereocenters. The van der Waals surface area contributed by atoms with Crippen molar-refractivity contribution in [3.8, 4) is 17.7 Å². The van der Waals surface area contributed by atoms with E-state index in [9.17, 15) is 9.90 Å². The zero-order valence-electron chi connectivity index (χ0n) is 18.1. The van der Waals surface area contributed by atoms with Gasteiger partial charge in [0.2, 0.25) is 5.88 Å². The Hall–Kier alpha value is -2.84. The molecule has 1 saturated carbocycles. The molecule has 1 spiro atoms.